The van der Waals surface area contributed by atoms with Gasteiger partial charge in [0.05, 0.1) is 5.75 Å². The van der Waals surface area contributed by atoms with Crippen molar-refractivity contribution in [3.63, 3.8) is 0 Å². The van der Waals surface area contributed by atoms with Gasteiger partial charge in [-0.05, 0) is 42.3 Å². The average molecular weight is 307 g/mol. The standard InChI is InChI=1S/C15H15ClN2OS/c1-11-6-7-17-14(8-11)18-15(19)10-20-9-12-2-4-13(16)5-3-12/h2-8H,9-10H2,1H3,(H,17,18,19). The Hall–Kier alpha value is -1.52. The number of hydrogen-bond acceptors (Lipinski definition) is 3. The number of carbonyl (C=O) groups is 1. The van der Waals surface area contributed by atoms with E-state index in [1.165, 1.54) is 0 Å². The molecule has 0 unspecified atom stereocenters. The Bertz CT molecular complexity index is 587. The van der Waals surface area contributed by atoms with Gasteiger partial charge in [-0.3, -0.25) is 4.79 Å². The van der Waals surface area contributed by atoms with Crippen LogP contribution in [0.5, 0.6) is 0 Å². The fourth-order valence-corrected chi connectivity index (χ4v) is 2.54. The van der Waals surface area contributed by atoms with Crippen molar-refractivity contribution in [3.8, 4) is 0 Å². The Morgan fingerprint density at radius 2 is 2.05 bits per heavy atom. The van der Waals surface area contributed by atoms with Gasteiger partial charge in [-0.25, -0.2) is 4.98 Å². The molecule has 1 aromatic heterocycles. The Balaban J connectivity index is 1.76. The molecule has 0 spiro atoms. The maximum atomic E-state index is 11.8. The van der Waals surface area contributed by atoms with Crippen molar-refractivity contribution in [2.75, 3.05) is 11.1 Å². The molecule has 0 saturated heterocycles. The molecule has 0 atom stereocenters. The Morgan fingerprint density at radius 3 is 2.75 bits per heavy atom. The van der Waals surface area contributed by atoms with Crippen molar-refractivity contribution >= 4 is 35.1 Å². The van der Waals surface area contributed by atoms with Crippen LogP contribution in [0, 0.1) is 6.92 Å². The molecule has 0 fully saturated rings. The summed E-state index contributed by atoms with van der Waals surface area (Å²) in [4.78, 5) is 15.9. The number of benzene rings is 1. The van der Waals surface area contributed by atoms with Gasteiger partial charge in [0.25, 0.3) is 0 Å². The summed E-state index contributed by atoms with van der Waals surface area (Å²) in [7, 11) is 0. The van der Waals surface area contributed by atoms with Crippen LogP contribution in [-0.2, 0) is 10.5 Å². The number of halogens is 1. The van der Waals surface area contributed by atoms with Crippen LogP contribution in [0.25, 0.3) is 0 Å². The van der Waals surface area contributed by atoms with Crippen molar-refractivity contribution in [1.29, 1.82) is 0 Å². The van der Waals surface area contributed by atoms with Crippen LogP contribution in [-0.4, -0.2) is 16.6 Å². The van der Waals surface area contributed by atoms with Gasteiger partial charge in [-0.2, -0.15) is 0 Å². The van der Waals surface area contributed by atoms with E-state index in [-0.39, 0.29) is 5.91 Å². The third-order valence-corrected chi connectivity index (χ3v) is 3.85. The summed E-state index contributed by atoms with van der Waals surface area (Å²) < 4.78 is 0. The lowest BCUT2D eigenvalue weighted by Gasteiger charge is -2.05. The average Bonchev–Trinajstić information content (AvgIpc) is 2.41. The van der Waals surface area contributed by atoms with Gasteiger partial charge < -0.3 is 5.32 Å². The molecule has 0 saturated carbocycles. The fraction of sp³-hybridized carbons (Fsp3) is 0.200. The quantitative estimate of drug-likeness (QED) is 0.910. The van der Waals surface area contributed by atoms with Crippen LogP contribution < -0.4 is 5.32 Å². The molecule has 2 aromatic rings. The minimum atomic E-state index is -0.0398. The zero-order valence-corrected chi connectivity index (χ0v) is 12.7. The van der Waals surface area contributed by atoms with E-state index < -0.39 is 0 Å². The van der Waals surface area contributed by atoms with Crippen LogP contribution in [0.3, 0.4) is 0 Å². The van der Waals surface area contributed by atoms with Crippen LogP contribution >= 0.6 is 23.4 Å². The highest BCUT2D eigenvalue weighted by Gasteiger charge is 2.04. The summed E-state index contributed by atoms with van der Waals surface area (Å²) in [5.41, 5.74) is 2.23. The Kier molecular flexibility index (Phi) is 5.44. The highest BCUT2D eigenvalue weighted by Crippen LogP contribution is 2.15. The number of carbonyl (C=O) groups excluding carboxylic acids is 1. The van der Waals surface area contributed by atoms with E-state index in [0.717, 1.165) is 21.9 Å². The maximum absolute atomic E-state index is 11.8. The van der Waals surface area contributed by atoms with E-state index in [1.54, 1.807) is 18.0 Å². The number of aryl methyl sites for hydroxylation is 1. The smallest absolute Gasteiger partial charge is 0.235 e. The highest BCUT2D eigenvalue weighted by atomic mass is 35.5. The first-order chi connectivity index (χ1) is 9.63. The predicted octanol–water partition coefficient (Wildman–Crippen LogP) is 3.92. The van der Waals surface area contributed by atoms with Gasteiger partial charge in [-0.1, -0.05) is 23.7 Å². The number of hydrogen-bond donors (Lipinski definition) is 1. The van der Waals surface area contributed by atoms with Crippen molar-refractivity contribution in [1.82, 2.24) is 4.98 Å². The zero-order chi connectivity index (χ0) is 14.4. The summed E-state index contributed by atoms with van der Waals surface area (Å²) in [6.07, 6.45) is 1.69. The number of pyridine rings is 1. The lowest BCUT2D eigenvalue weighted by atomic mass is 10.2. The normalized spacial score (nSPS) is 10.3. The summed E-state index contributed by atoms with van der Waals surface area (Å²) in [6, 6.07) is 11.4. The van der Waals surface area contributed by atoms with Crippen LogP contribution in [0.15, 0.2) is 42.6 Å². The molecule has 1 amide bonds. The van der Waals surface area contributed by atoms with E-state index in [0.29, 0.717) is 11.6 Å². The lowest BCUT2D eigenvalue weighted by molar-refractivity contribution is -0.113. The van der Waals surface area contributed by atoms with E-state index in [9.17, 15) is 4.79 Å². The van der Waals surface area contributed by atoms with E-state index in [2.05, 4.69) is 10.3 Å². The second-order valence-corrected chi connectivity index (χ2v) is 5.81. The van der Waals surface area contributed by atoms with Gasteiger partial charge >= 0.3 is 0 Å². The molecule has 0 bridgehead atoms. The summed E-state index contributed by atoms with van der Waals surface area (Å²) in [5, 5.41) is 3.51. The third-order valence-electron chi connectivity index (χ3n) is 2.60. The first-order valence-corrected chi connectivity index (χ1v) is 7.71. The highest BCUT2D eigenvalue weighted by molar-refractivity contribution is 7.99. The molecule has 0 aliphatic carbocycles. The number of anilines is 1. The molecule has 20 heavy (non-hydrogen) atoms. The lowest BCUT2D eigenvalue weighted by Crippen LogP contribution is -2.15. The van der Waals surface area contributed by atoms with Crippen LogP contribution in [0.2, 0.25) is 5.02 Å². The first kappa shape index (κ1) is 14.9. The Morgan fingerprint density at radius 1 is 1.30 bits per heavy atom. The number of amides is 1. The molecule has 3 nitrogen and oxygen atoms in total. The third kappa shape index (κ3) is 4.87. The molecule has 0 radical (unpaired) electrons. The van der Waals surface area contributed by atoms with Gasteiger partial charge in [0.1, 0.15) is 5.82 Å². The first-order valence-electron chi connectivity index (χ1n) is 6.18. The number of aromatic nitrogens is 1. The zero-order valence-electron chi connectivity index (χ0n) is 11.1. The van der Waals surface area contributed by atoms with Crippen molar-refractivity contribution in [2.45, 2.75) is 12.7 Å². The topological polar surface area (TPSA) is 42.0 Å². The summed E-state index contributed by atoms with van der Waals surface area (Å²) in [5.74, 6) is 1.74. The summed E-state index contributed by atoms with van der Waals surface area (Å²) in [6.45, 7) is 1.96. The minimum Gasteiger partial charge on any atom is -0.310 e. The van der Waals surface area contributed by atoms with Crippen molar-refractivity contribution in [2.24, 2.45) is 0 Å². The van der Waals surface area contributed by atoms with Crippen LogP contribution in [0.4, 0.5) is 5.82 Å². The number of nitrogens with one attached hydrogen (secondary N) is 1. The molecule has 1 aromatic carbocycles. The second kappa shape index (κ2) is 7.31. The molecule has 5 heteroatoms. The van der Waals surface area contributed by atoms with Gasteiger partial charge in [-0.15, -0.1) is 11.8 Å². The molecular weight excluding hydrogens is 292 g/mol. The largest absolute Gasteiger partial charge is 0.310 e. The number of thioether (sulfide) groups is 1. The fourth-order valence-electron chi connectivity index (χ4n) is 1.63. The molecule has 1 N–H and O–H groups in total. The van der Waals surface area contributed by atoms with Crippen molar-refractivity contribution < 1.29 is 4.79 Å². The van der Waals surface area contributed by atoms with E-state index in [1.807, 2.05) is 43.3 Å². The summed E-state index contributed by atoms with van der Waals surface area (Å²) >= 11 is 7.38. The Labute approximate surface area is 127 Å². The molecule has 1 heterocycles. The monoisotopic (exact) mass is 306 g/mol. The SMILES string of the molecule is Cc1ccnc(NC(=O)CSCc2ccc(Cl)cc2)c1. The molecule has 0 aliphatic rings. The second-order valence-electron chi connectivity index (χ2n) is 4.39. The van der Waals surface area contributed by atoms with E-state index in [4.69, 9.17) is 11.6 Å². The van der Waals surface area contributed by atoms with Gasteiger partial charge in [0.2, 0.25) is 5.91 Å². The maximum Gasteiger partial charge on any atom is 0.235 e. The minimum absolute atomic E-state index is 0.0398. The van der Waals surface area contributed by atoms with Crippen LogP contribution in [0.1, 0.15) is 11.1 Å². The number of rotatable bonds is 5. The molecule has 104 valence electrons. The molecule has 0 aliphatic heterocycles. The predicted molar refractivity (Wildman–Crippen MR) is 85.2 cm³/mol. The van der Waals surface area contributed by atoms with E-state index >= 15 is 0 Å². The van der Waals surface area contributed by atoms with Gasteiger partial charge in [0, 0.05) is 17.0 Å². The number of nitrogens with zero attached hydrogens (tertiary/aromatic N) is 1. The molecule has 2 rings (SSSR count). The molecular formula is C15H15ClN2OS. The van der Waals surface area contributed by atoms with Gasteiger partial charge in [0.15, 0.2) is 0 Å². The van der Waals surface area contributed by atoms with Crippen molar-refractivity contribution in [3.05, 3.63) is 58.7 Å².